The van der Waals surface area contributed by atoms with Gasteiger partial charge in [-0.25, -0.2) is 0 Å². The predicted molar refractivity (Wildman–Crippen MR) is 83.1 cm³/mol. The quantitative estimate of drug-likeness (QED) is 0.352. The van der Waals surface area contributed by atoms with E-state index in [0.29, 0.717) is 21.8 Å². The smallest absolute Gasteiger partial charge is 0.255 e. The number of amides is 1. The first-order chi connectivity index (χ1) is 10.0. The van der Waals surface area contributed by atoms with Gasteiger partial charge in [-0.3, -0.25) is 4.79 Å². The number of halogens is 1. The lowest BCUT2D eigenvalue weighted by Gasteiger charge is -2.09. The number of amidine groups is 1. The van der Waals surface area contributed by atoms with E-state index >= 15 is 0 Å². The molecule has 0 bridgehead atoms. The number of anilines is 1. The fraction of sp³-hybridized carbons (Fsp3) is 0.0667. The number of rotatable bonds is 3. The molecule has 5 nitrogen and oxygen atoms in total. The van der Waals surface area contributed by atoms with Gasteiger partial charge in [0.05, 0.1) is 10.7 Å². The number of nitrogens with one attached hydrogen (secondary N) is 1. The fourth-order valence-corrected chi connectivity index (χ4v) is 1.96. The van der Waals surface area contributed by atoms with Gasteiger partial charge < -0.3 is 16.3 Å². The molecule has 4 N–H and O–H groups in total. The van der Waals surface area contributed by atoms with E-state index in [1.165, 1.54) is 6.07 Å². The zero-order valence-corrected chi connectivity index (χ0v) is 12.1. The van der Waals surface area contributed by atoms with E-state index in [-0.39, 0.29) is 11.7 Å². The van der Waals surface area contributed by atoms with Crippen molar-refractivity contribution >= 4 is 29.0 Å². The Labute approximate surface area is 127 Å². The monoisotopic (exact) mass is 303 g/mol. The summed E-state index contributed by atoms with van der Waals surface area (Å²) in [5.74, 6) is -0.304. The first kappa shape index (κ1) is 14.9. The minimum absolute atomic E-state index is 0.0479. The Morgan fingerprint density at radius 2 is 1.81 bits per heavy atom. The van der Waals surface area contributed by atoms with Crippen LogP contribution in [-0.2, 0) is 0 Å². The topological polar surface area (TPSA) is 87.7 Å². The summed E-state index contributed by atoms with van der Waals surface area (Å²) in [6.07, 6.45) is 0. The van der Waals surface area contributed by atoms with Crippen LogP contribution in [0.2, 0.25) is 5.02 Å². The summed E-state index contributed by atoms with van der Waals surface area (Å²) in [4.78, 5) is 12.1. The Hall–Kier alpha value is -2.53. The second kappa shape index (κ2) is 6.28. The lowest BCUT2D eigenvalue weighted by atomic mass is 10.1. The van der Waals surface area contributed by atoms with Crippen molar-refractivity contribution in [2.75, 3.05) is 5.32 Å². The van der Waals surface area contributed by atoms with E-state index in [0.717, 1.165) is 5.56 Å². The standard InChI is InChI=1S/C15H14ClN3O2/c1-9-2-4-10(5-3-9)15(20)18-13-7-6-11(8-12(13)16)14(17)19-21/h2-8,21H,1H3,(H2,17,19)(H,18,20). The molecule has 0 aliphatic carbocycles. The van der Waals surface area contributed by atoms with Gasteiger partial charge in [0.1, 0.15) is 0 Å². The molecule has 0 aliphatic heterocycles. The van der Waals surface area contributed by atoms with E-state index < -0.39 is 0 Å². The zero-order valence-electron chi connectivity index (χ0n) is 11.3. The van der Waals surface area contributed by atoms with E-state index in [2.05, 4.69) is 10.5 Å². The number of aryl methyl sites for hydroxylation is 1. The Morgan fingerprint density at radius 1 is 1.19 bits per heavy atom. The van der Waals surface area contributed by atoms with Crippen LogP contribution in [0.1, 0.15) is 21.5 Å². The molecule has 0 heterocycles. The van der Waals surface area contributed by atoms with Crippen molar-refractivity contribution in [2.24, 2.45) is 10.9 Å². The number of oxime groups is 1. The second-order valence-corrected chi connectivity index (χ2v) is 4.91. The normalized spacial score (nSPS) is 11.2. The Balaban J connectivity index is 2.20. The van der Waals surface area contributed by atoms with Crippen molar-refractivity contribution in [2.45, 2.75) is 6.92 Å². The van der Waals surface area contributed by atoms with E-state index in [1.54, 1.807) is 24.3 Å². The average molecular weight is 304 g/mol. The van der Waals surface area contributed by atoms with Crippen LogP contribution in [0.15, 0.2) is 47.6 Å². The molecule has 6 heteroatoms. The molecule has 0 fully saturated rings. The molecule has 0 aromatic heterocycles. The number of carbonyl (C=O) groups is 1. The fourth-order valence-electron chi connectivity index (χ4n) is 1.73. The first-order valence-electron chi connectivity index (χ1n) is 6.16. The van der Waals surface area contributed by atoms with Gasteiger partial charge in [-0.05, 0) is 37.3 Å². The lowest BCUT2D eigenvalue weighted by molar-refractivity contribution is 0.102. The number of hydrogen-bond acceptors (Lipinski definition) is 3. The van der Waals surface area contributed by atoms with Crippen LogP contribution in [-0.4, -0.2) is 17.0 Å². The molecule has 0 spiro atoms. The van der Waals surface area contributed by atoms with Gasteiger partial charge in [0, 0.05) is 11.1 Å². The maximum atomic E-state index is 12.1. The molecule has 0 unspecified atom stereocenters. The third-order valence-corrected chi connectivity index (χ3v) is 3.25. The van der Waals surface area contributed by atoms with Gasteiger partial charge in [0.2, 0.25) is 0 Å². The van der Waals surface area contributed by atoms with Crippen LogP contribution in [0.3, 0.4) is 0 Å². The number of benzene rings is 2. The SMILES string of the molecule is Cc1ccc(C(=O)Nc2ccc(/C(N)=N/O)cc2Cl)cc1. The number of hydrogen-bond donors (Lipinski definition) is 3. The second-order valence-electron chi connectivity index (χ2n) is 4.50. The molecule has 0 atom stereocenters. The maximum Gasteiger partial charge on any atom is 0.255 e. The predicted octanol–water partition coefficient (Wildman–Crippen LogP) is 3.00. The van der Waals surface area contributed by atoms with E-state index in [4.69, 9.17) is 22.5 Å². The summed E-state index contributed by atoms with van der Waals surface area (Å²) in [5.41, 5.74) is 8.01. The molecule has 2 rings (SSSR count). The summed E-state index contributed by atoms with van der Waals surface area (Å²) < 4.78 is 0. The van der Waals surface area contributed by atoms with Crippen LogP contribution in [0.5, 0.6) is 0 Å². The number of carbonyl (C=O) groups excluding carboxylic acids is 1. The molecule has 0 aliphatic rings. The maximum absolute atomic E-state index is 12.1. The molecule has 2 aromatic carbocycles. The highest BCUT2D eigenvalue weighted by Crippen LogP contribution is 2.23. The van der Waals surface area contributed by atoms with E-state index in [9.17, 15) is 4.79 Å². The Bertz CT molecular complexity index is 697. The van der Waals surface area contributed by atoms with Crippen molar-refractivity contribution in [3.63, 3.8) is 0 Å². The highest BCUT2D eigenvalue weighted by molar-refractivity contribution is 6.34. The molecular formula is C15H14ClN3O2. The minimum atomic E-state index is -0.256. The van der Waals surface area contributed by atoms with Gasteiger partial charge in [-0.1, -0.05) is 34.5 Å². The van der Waals surface area contributed by atoms with E-state index in [1.807, 2.05) is 19.1 Å². The molecule has 0 saturated carbocycles. The van der Waals surface area contributed by atoms with Gasteiger partial charge >= 0.3 is 0 Å². The summed E-state index contributed by atoms with van der Waals surface area (Å²) >= 11 is 6.08. The van der Waals surface area contributed by atoms with Crippen LogP contribution < -0.4 is 11.1 Å². The molecule has 0 radical (unpaired) electrons. The summed E-state index contributed by atoms with van der Waals surface area (Å²) in [5, 5.41) is 14.5. The third kappa shape index (κ3) is 3.52. The minimum Gasteiger partial charge on any atom is -0.409 e. The number of nitrogens with zero attached hydrogens (tertiary/aromatic N) is 1. The molecule has 1 amide bonds. The molecular weight excluding hydrogens is 290 g/mol. The molecule has 21 heavy (non-hydrogen) atoms. The first-order valence-corrected chi connectivity index (χ1v) is 6.54. The van der Waals surface area contributed by atoms with Crippen molar-refractivity contribution < 1.29 is 10.0 Å². The van der Waals surface area contributed by atoms with Crippen LogP contribution in [0.25, 0.3) is 0 Å². The largest absolute Gasteiger partial charge is 0.409 e. The number of nitrogens with two attached hydrogens (primary N) is 1. The highest BCUT2D eigenvalue weighted by Gasteiger charge is 2.10. The van der Waals surface area contributed by atoms with Crippen LogP contribution >= 0.6 is 11.6 Å². The average Bonchev–Trinajstić information content (AvgIpc) is 2.49. The van der Waals surface area contributed by atoms with Crippen molar-refractivity contribution in [3.8, 4) is 0 Å². The third-order valence-electron chi connectivity index (χ3n) is 2.93. The van der Waals surface area contributed by atoms with Crippen LogP contribution in [0.4, 0.5) is 5.69 Å². The highest BCUT2D eigenvalue weighted by atomic mass is 35.5. The van der Waals surface area contributed by atoms with Crippen LogP contribution in [0, 0.1) is 6.92 Å². The summed E-state index contributed by atoms with van der Waals surface area (Å²) in [6, 6.07) is 11.9. The molecule has 2 aromatic rings. The van der Waals surface area contributed by atoms with Crippen molar-refractivity contribution in [1.29, 1.82) is 0 Å². The van der Waals surface area contributed by atoms with Gasteiger partial charge in [-0.2, -0.15) is 0 Å². The van der Waals surface area contributed by atoms with Gasteiger partial charge in [0.15, 0.2) is 5.84 Å². The Kier molecular flexibility index (Phi) is 4.45. The lowest BCUT2D eigenvalue weighted by Crippen LogP contribution is -2.15. The Morgan fingerprint density at radius 3 is 2.38 bits per heavy atom. The molecule has 0 saturated heterocycles. The van der Waals surface area contributed by atoms with Gasteiger partial charge in [0.25, 0.3) is 5.91 Å². The zero-order chi connectivity index (χ0) is 15.4. The summed E-state index contributed by atoms with van der Waals surface area (Å²) in [6.45, 7) is 1.95. The van der Waals surface area contributed by atoms with Gasteiger partial charge in [-0.15, -0.1) is 0 Å². The van der Waals surface area contributed by atoms with Crippen molar-refractivity contribution in [1.82, 2.24) is 0 Å². The summed E-state index contributed by atoms with van der Waals surface area (Å²) in [7, 11) is 0. The van der Waals surface area contributed by atoms with Crippen molar-refractivity contribution in [3.05, 3.63) is 64.2 Å². The molecule has 108 valence electrons.